The number of hydrogen-bond acceptors (Lipinski definition) is 2. The van der Waals surface area contributed by atoms with Gasteiger partial charge in [0.25, 0.3) is 0 Å². The highest BCUT2D eigenvalue weighted by molar-refractivity contribution is 9.10. The molecular formula is C16H16BrFN2O. The van der Waals surface area contributed by atoms with Crippen LogP contribution in [0.4, 0.5) is 4.39 Å². The van der Waals surface area contributed by atoms with E-state index in [0.29, 0.717) is 5.56 Å². The summed E-state index contributed by atoms with van der Waals surface area (Å²) in [5.41, 5.74) is 6.97. The van der Waals surface area contributed by atoms with Gasteiger partial charge in [-0.3, -0.25) is 4.79 Å². The lowest BCUT2D eigenvalue weighted by Gasteiger charge is -2.15. The lowest BCUT2D eigenvalue weighted by atomic mass is 9.98. The van der Waals surface area contributed by atoms with Crippen molar-refractivity contribution in [3.63, 3.8) is 0 Å². The van der Waals surface area contributed by atoms with Crippen molar-refractivity contribution in [1.29, 1.82) is 0 Å². The van der Waals surface area contributed by atoms with E-state index in [1.807, 2.05) is 30.3 Å². The summed E-state index contributed by atoms with van der Waals surface area (Å²) in [7, 11) is 0. The summed E-state index contributed by atoms with van der Waals surface area (Å²) in [6, 6.07) is 13.9. The smallest absolute Gasteiger partial charge is 0.229 e. The molecule has 1 amide bonds. The van der Waals surface area contributed by atoms with Crippen LogP contribution in [0.15, 0.2) is 53.0 Å². The molecule has 5 heteroatoms. The van der Waals surface area contributed by atoms with Crippen LogP contribution in [0.2, 0.25) is 0 Å². The maximum atomic E-state index is 13.6. The molecule has 0 radical (unpaired) electrons. The minimum absolute atomic E-state index is 0.132. The fourth-order valence-electron chi connectivity index (χ4n) is 2.06. The maximum absolute atomic E-state index is 13.6. The van der Waals surface area contributed by atoms with Crippen molar-refractivity contribution in [1.82, 2.24) is 5.32 Å². The summed E-state index contributed by atoms with van der Waals surface area (Å²) in [6.45, 7) is 0.338. The second kappa shape index (κ2) is 7.33. The number of carbonyl (C=O) groups excluding carboxylic acids is 1. The molecule has 0 aliphatic rings. The summed E-state index contributed by atoms with van der Waals surface area (Å²) in [6.07, 6.45) is 0. The Morgan fingerprint density at radius 3 is 2.62 bits per heavy atom. The zero-order valence-electron chi connectivity index (χ0n) is 11.4. The summed E-state index contributed by atoms with van der Waals surface area (Å²) in [5.74, 6) is -0.980. The lowest BCUT2D eigenvalue weighted by molar-refractivity contribution is -0.122. The molecule has 21 heavy (non-hydrogen) atoms. The van der Waals surface area contributed by atoms with E-state index in [4.69, 9.17) is 5.73 Å². The third-order valence-electron chi connectivity index (χ3n) is 3.21. The largest absolute Gasteiger partial charge is 0.351 e. The van der Waals surface area contributed by atoms with Crippen molar-refractivity contribution < 1.29 is 9.18 Å². The fourth-order valence-corrected chi connectivity index (χ4v) is 2.47. The van der Waals surface area contributed by atoms with Gasteiger partial charge in [-0.1, -0.05) is 46.3 Å². The van der Waals surface area contributed by atoms with E-state index in [9.17, 15) is 9.18 Å². The Morgan fingerprint density at radius 1 is 1.24 bits per heavy atom. The van der Waals surface area contributed by atoms with Gasteiger partial charge < -0.3 is 11.1 Å². The number of hydrogen-bond donors (Lipinski definition) is 2. The Labute approximate surface area is 131 Å². The predicted octanol–water partition coefficient (Wildman–Crippen LogP) is 2.95. The van der Waals surface area contributed by atoms with Crippen LogP contribution >= 0.6 is 15.9 Å². The molecule has 3 nitrogen and oxygen atoms in total. The molecule has 0 saturated carbocycles. The number of benzene rings is 2. The summed E-state index contributed by atoms with van der Waals surface area (Å²) >= 11 is 3.28. The topological polar surface area (TPSA) is 55.1 Å². The van der Waals surface area contributed by atoms with E-state index < -0.39 is 5.92 Å². The Hall–Kier alpha value is -1.72. The monoisotopic (exact) mass is 350 g/mol. The highest BCUT2D eigenvalue weighted by Gasteiger charge is 2.18. The van der Waals surface area contributed by atoms with Gasteiger partial charge in [-0.25, -0.2) is 4.39 Å². The molecule has 0 saturated heterocycles. The summed E-state index contributed by atoms with van der Waals surface area (Å²) in [5, 5.41) is 2.74. The molecule has 2 aromatic rings. The third-order valence-corrected chi connectivity index (χ3v) is 3.71. The van der Waals surface area contributed by atoms with Crippen LogP contribution < -0.4 is 11.1 Å². The Balaban J connectivity index is 2.05. The Morgan fingerprint density at radius 2 is 1.95 bits per heavy atom. The van der Waals surface area contributed by atoms with Gasteiger partial charge in [0, 0.05) is 23.1 Å². The average Bonchev–Trinajstić information content (AvgIpc) is 2.50. The van der Waals surface area contributed by atoms with Gasteiger partial charge in [0.15, 0.2) is 0 Å². The molecule has 0 aliphatic carbocycles. The number of carbonyl (C=O) groups is 1. The van der Waals surface area contributed by atoms with Crippen LogP contribution in [0.5, 0.6) is 0 Å². The molecule has 0 aliphatic heterocycles. The number of nitrogens with two attached hydrogens (primary N) is 1. The minimum Gasteiger partial charge on any atom is -0.351 e. The quantitative estimate of drug-likeness (QED) is 0.870. The van der Waals surface area contributed by atoms with Crippen molar-refractivity contribution in [2.24, 2.45) is 5.73 Å². The SMILES string of the molecule is NCC(C(=O)NCc1cc(Br)ccc1F)c1ccccc1. The average molecular weight is 351 g/mol. The van der Waals surface area contributed by atoms with E-state index >= 15 is 0 Å². The van der Waals surface area contributed by atoms with E-state index in [-0.39, 0.29) is 24.8 Å². The van der Waals surface area contributed by atoms with E-state index in [2.05, 4.69) is 21.2 Å². The number of rotatable bonds is 5. The van der Waals surface area contributed by atoms with Crippen LogP contribution in [0.25, 0.3) is 0 Å². The van der Waals surface area contributed by atoms with Crippen LogP contribution in [0.1, 0.15) is 17.0 Å². The molecule has 110 valence electrons. The molecule has 0 fully saturated rings. The van der Waals surface area contributed by atoms with Gasteiger partial charge in [0.05, 0.1) is 5.92 Å². The van der Waals surface area contributed by atoms with Gasteiger partial charge in [-0.2, -0.15) is 0 Å². The first kappa shape index (κ1) is 15.7. The maximum Gasteiger partial charge on any atom is 0.229 e. The van der Waals surface area contributed by atoms with E-state index in [1.54, 1.807) is 12.1 Å². The molecule has 1 atom stereocenters. The van der Waals surface area contributed by atoms with Crippen LogP contribution in [-0.4, -0.2) is 12.5 Å². The van der Waals surface area contributed by atoms with Crippen molar-refractivity contribution in [3.05, 3.63) is 69.9 Å². The molecule has 0 heterocycles. The van der Waals surface area contributed by atoms with Gasteiger partial charge in [0.1, 0.15) is 5.82 Å². The molecule has 2 rings (SSSR count). The van der Waals surface area contributed by atoms with Gasteiger partial charge in [-0.05, 0) is 23.8 Å². The fraction of sp³-hybridized carbons (Fsp3) is 0.188. The molecule has 0 aromatic heterocycles. The highest BCUT2D eigenvalue weighted by atomic mass is 79.9. The van der Waals surface area contributed by atoms with Crippen molar-refractivity contribution >= 4 is 21.8 Å². The Bertz CT molecular complexity index is 619. The standard InChI is InChI=1S/C16H16BrFN2O/c17-13-6-7-15(18)12(8-13)10-20-16(21)14(9-19)11-4-2-1-3-5-11/h1-8,14H,9-10,19H2,(H,20,21). The second-order valence-corrected chi connectivity index (χ2v) is 5.57. The van der Waals surface area contributed by atoms with Gasteiger partial charge >= 0.3 is 0 Å². The minimum atomic E-state index is -0.429. The normalized spacial score (nSPS) is 12.0. The summed E-state index contributed by atoms with van der Waals surface area (Å²) in [4.78, 5) is 12.2. The van der Waals surface area contributed by atoms with E-state index in [1.165, 1.54) is 6.07 Å². The van der Waals surface area contributed by atoms with Crippen molar-refractivity contribution in [2.45, 2.75) is 12.5 Å². The predicted molar refractivity (Wildman–Crippen MR) is 84.2 cm³/mol. The van der Waals surface area contributed by atoms with Crippen LogP contribution in [-0.2, 0) is 11.3 Å². The van der Waals surface area contributed by atoms with Gasteiger partial charge in [0.2, 0.25) is 5.91 Å². The van der Waals surface area contributed by atoms with Crippen molar-refractivity contribution in [2.75, 3.05) is 6.54 Å². The zero-order valence-corrected chi connectivity index (χ0v) is 12.9. The highest BCUT2D eigenvalue weighted by Crippen LogP contribution is 2.17. The molecule has 2 aromatic carbocycles. The molecule has 0 spiro atoms. The third kappa shape index (κ3) is 4.12. The first-order valence-electron chi connectivity index (χ1n) is 6.58. The second-order valence-electron chi connectivity index (χ2n) is 4.65. The van der Waals surface area contributed by atoms with Crippen LogP contribution in [0.3, 0.4) is 0 Å². The summed E-state index contributed by atoms with van der Waals surface area (Å²) < 4.78 is 14.4. The number of amides is 1. The molecule has 3 N–H and O–H groups in total. The van der Waals surface area contributed by atoms with Crippen LogP contribution in [0, 0.1) is 5.82 Å². The first-order valence-corrected chi connectivity index (χ1v) is 7.37. The molecular weight excluding hydrogens is 335 g/mol. The Kier molecular flexibility index (Phi) is 5.47. The molecule has 0 bridgehead atoms. The van der Waals surface area contributed by atoms with Crippen molar-refractivity contribution in [3.8, 4) is 0 Å². The lowest BCUT2D eigenvalue weighted by Crippen LogP contribution is -2.33. The molecule has 1 unspecified atom stereocenters. The number of nitrogens with one attached hydrogen (secondary N) is 1. The van der Waals surface area contributed by atoms with E-state index in [0.717, 1.165) is 10.0 Å². The van der Waals surface area contributed by atoms with Gasteiger partial charge in [-0.15, -0.1) is 0 Å². The number of halogens is 2. The zero-order chi connectivity index (χ0) is 15.2. The first-order chi connectivity index (χ1) is 10.1.